The summed E-state index contributed by atoms with van der Waals surface area (Å²) in [6, 6.07) is 0. The van der Waals surface area contributed by atoms with Gasteiger partial charge >= 0.3 is 0 Å². The minimum atomic E-state index is 0.428. The molecule has 0 heterocycles. The van der Waals surface area contributed by atoms with Gasteiger partial charge in [-0.25, -0.2) is 0 Å². The summed E-state index contributed by atoms with van der Waals surface area (Å²) in [6.07, 6.45) is 19.4. The number of rotatable bonds is 24. The Bertz CT molecular complexity index is 638. The van der Waals surface area contributed by atoms with E-state index >= 15 is 0 Å². The van der Waals surface area contributed by atoms with Crippen molar-refractivity contribution in [2.45, 2.75) is 201 Å². The summed E-state index contributed by atoms with van der Waals surface area (Å²) in [5, 5.41) is 0. The van der Waals surface area contributed by atoms with Crippen molar-refractivity contribution in [3.8, 4) is 0 Å². The molecule has 0 spiro atoms. The van der Waals surface area contributed by atoms with Crippen molar-refractivity contribution in [1.82, 2.24) is 0 Å². The zero-order valence-corrected chi connectivity index (χ0v) is 32.0. The molecule has 0 aromatic carbocycles. The van der Waals surface area contributed by atoms with Gasteiger partial charge in [-0.05, 0) is 102 Å². The van der Waals surface area contributed by atoms with E-state index in [0.717, 1.165) is 47.3 Å². The highest BCUT2D eigenvalue weighted by Crippen LogP contribution is 2.49. The molecule has 7 atom stereocenters. The molecule has 0 aliphatic heterocycles. The van der Waals surface area contributed by atoms with Crippen molar-refractivity contribution in [2.75, 3.05) is 0 Å². The van der Waals surface area contributed by atoms with Crippen molar-refractivity contribution in [3.63, 3.8) is 0 Å². The quantitative estimate of drug-likeness (QED) is 0.100. The molecule has 0 radical (unpaired) electrons. The van der Waals surface area contributed by atoms with Crippen LogP contribution < -0.4 is 0 Å². The third kappa shape index (κ3) is 12.9. The summed E-state index contributed by atoms with van der Waals surface area (Å²) in [7, 11) is 0. The van der Waals surface area contributed by atoms with Gasteiger partial charge in [0.2, 0.25) is 0 Å². The zero-order chi connectivity index (χ0) is 32.0. The molecular weight excluding hydrogens is 492 g/mol. The molecule has 0 fully saturated rings. The fourth-order valence-corrected chi connectivity index (χ4v) is 8.36. The zero-order valence-electron chi connectivity index (χ0n) is 32.0. The SMILES string of the molecule is CCCC(C(C)CC)C(C)(C)C(CCCCC(C)C(C)C)CCCC(C)(CCC(CC)C(C)(C)C(C)CC)C(C)C. The summed E-state index contributed by atoms with van der Waals surface area (Å²) >= 11 is 0. The molecule has 0 nitrogen and oxygen atoms in total. The minimum Gasteiger partial charge on any atom is -0.0654 e. The first-order chi connectivity index (χ1) is 19.0. The largest absolute Gasteiger partial charge is 0.0654 e. The van der Waals surface area contributed by atoms with Gasteiger partial charge in [-0.2, -0.15) is 0 Å². The van der Waals surface area contributed by atoms with Gasteiger partial charge in [-0.15, -0.1) is 0 Å². The highest BCUT2D eigenvalue weighted by atomic mass is 14.4. The Labute approximate surface area is 263 Å². The lowest BCUT2D eigenvalue weighted by atomic mass is 9.60. The normalized spacial score (nSPS) is 19.2. The van der Waals surface area contributed by atoms with E-state index < -0.39 is 0 Å². The molecule has 0 saturated carbocycles. The molecule has 0 bridgehead atoms. The number of hydrogen-bond acceptors (Lipinski definition) is 0. The number of hydrogen-bond donors (Lipinski definition) is 0. The van der Waals surface area contributed by atoms with Crippen LogP contribution >= 0.6 is 0 Å². The molecule has 0 N–H and O–H groups in total. The highest BCUT2D eigenvalue weighted by molar-refractivity contribution is 4.89. The van der Waals surface area contributed by atoms with Crippen LogP contribution in [0.4, 0.5) is 0 Å². The van der Waals surface area contributed by atoms with Gasteiger partial charge in [0.25, 0.3) is 0 Å². The van der Waals surface area contributed by atoms with E-state index in [0.29, 0.717) is 16.2 Å². The van der Waals surface area contributed by atoms with Crippen LogP contribution in [-0.2, 0) is 0 Å². The third-order valence-electron chi connectivity index (χ3n) is 13.7. The van der Waals surface area contributed by atoms with Gasteiger partial charge in [-0.1, -0.05) is 162 Å². The Hall–Kier alpha value is 0. The molecule has 0 amide bonds. The molecule has 7 unspecified atom stereocenters. The molecule has 0 saturated heterocycles. The average Bonchev–Trinajstić information content (AvgIpc) is 2.91. The van der Waals surface area contributed by atoms with E-state index in [9.17, 15) is 0 Å². The Balaban J connectivity index is 5.69. The van der Waals surface area contributed by atoms with Gasteiger partial charge in [0.1, 0.15) is 0 Å². The van der Waals surface area contributed by atoms with Crippen LogP contribution in [0.5, 0.6) is 0 Å². The molecule has 0 aliphatic rings. The van der Waals surface area contributed by atoms with Crippen LogP contribution in [0.2, 0.25) is 0 Å². The predicted octanol–water partition coefficient (Wildman–Crippen LogP) is 14.7. The van der Waals surface area contributed by atoms with Gasteiger partial charge in [0.05, 0.1) is 0 Å². The van der Waals surface area contributed by atoms with Crippen LogP contribution in [0.15, 0.2) is 0 Å². The molecule has 0 aromatic heterocycles. The average molecular weight is 577 g/mol. The second-order valence-electron chi connectivity index (χ2n) is 17.3. The molecule has 0 heteroatoms. The Morgan fingerprint density at radius 2 is 1.05 bits per heavy atom. The highest BCUT2D eigenvalue weighted by Gasteiger charge is 2.39. The predicted molar refractivity (Wildman–Crippen MR) is 191 cm³/mol. The molecule has 41 heavy (non-hydrogen) atoms. The third-order valence-corrected chi connectivity index (χ3v) is 13.7. The Kier molecular flexibility index (Phi) is 19.4. The number of unbranched alkanes of at least 4 members (excludes halogenated alkanes) is 1. The topological polar surface area (TPSA) is 0 Å². The van der Waals surface area contributed by atoms with Crippen LogP contribution in [0.1, 0.15) is 201 Å². The summed E-state index contributed by atoms with van der Waals surface area (Å²) in [5.74, 6) is 6.59. The second-order valence-corrected chi connectivity index (χ2v) is 17.3. The lowest BCUT2D eigenvalue weighted by molar-refractivity contribution is 0.0442. The monoisotopic (exact) mass is 577 g/mol. The van der Waals surface area contributed by atoms with Crippen LogP contribution in [0.3, 0.4) is 0 Å². The van der Waals surface area contributed by atoms with Crippen molar-refractivity contribution < 1.29 is 0 Å². The van der Waals surface area contributed by atoms with E-state index in [-0.39, 0.29) is 0 Å². The molecular formula is C41H84. The van der Waals surface area contributed by atoms with Crippen LogP contribution in [-0.4, -0.2) is 0 Å². The van der Waals surface area contributed by atoms with E-state index in [2.05, 4.69) is 111 Å². The van der Waals surface area contributed by atoms with E-state index in [1.54, 1.807) is 0 Å². The van der Waals surface area contributed by atoms with Crippen LogP contribution in [0.25, 0.3) is 0 Å². The summed E-state index contributed by atoms with van der Waals surface area (Å²) in [6.45, 7) is 40.1. The van der Waals surface area contributed by atoms with Gasteiger partial charge in [0, 0.05) is 0 Å². The van der Waals surface area contributed by atoms with Gasteiger partial charge in [0.15, 0.2) is 0 Å². The maximum atomic E-state index is 2.67. The lowest BCUT2D eigenvalue weighted by Crippen LogP contribution is -2.37. The fourth-order valence-electron chi connectivity index (χ4n) is 8.36. The lowest BCUT2D eigenvalue weighted by Gasteiger charge is -2.45. The van der Waals surface area contributed by atoms with E-state index in [1.807, 2.05) is 0 Å². The van der Waals surface area contributed by atoms with Crippen LogP contribution in [0, 0.1) is 63.6 Å². The summed E-state index contributed by atoms with van der Waals surface area (Å²) in [4.78, 5) is 0. The van der Waals surface area contributed by atoms with Gasteiger partial charge < -0.3 is 0 Å². The first kappa shape index (κ1) is 41.0. The maximum Gasteiger partial charge on any atom is -0.0295 e. The van der Waals surface area contributed by atoms with Crippen molar-refractivity contribution in [2.24, 2.45) is 63.6 Å². The van der Waals surface area contributed by atoms with Crippen molar-refractivity contribution in [1.29, 1.82) is 0 Å². The summed E-state index contributed by atoms with van der Waals surface area (Å²) in [5.41, 5.74) is 1.32. The molecule has 0 aromatic rings. The fraction of sp³-hybridized carbons (Fsp3) is 1.00. The second kappa shape index (κ2) is 19.4. The minimum absolute atomic E-state index is 0.428. The molecule has 0 aliphatic carbocycles. The molecule has 0 rings (SSSR count). The van der Waals surface area contributed by atoms with Crippen molar-refractivity contribution in [3.05, 3.63) is 0 Å². The van der Waals surface area contributed by atoms with E-state index in [4.69, 9.17) is 0 Å². The van der Waals surface area contributed by atoms with Crippen molar-refractivity contribution >= 4 is 0 Å². The standard InChI is InChI=1S/C41H84/c1-17-24-38(33(9)18-2)40(14,15)37(26-22-21-25-34(10)31(5)6)27-23-29-41(16,32(7)8)30-28-36(20-4)39(12,13)35(11)19-3/h31-38H,17-30H2,1-16H3. The Morgan fingerprint density at radius 1 is 0.488 bits per heavy atom. The first-order valence-electron chi connectivity index (χ1n) is 19.0. The van der Waals surface area contributed by atoms with E-state index in [1.165, 1.54) is 89.9 Å². The summed E-state index contributed by atoms with van der Waals surface area (Å²) < 4.78 is 0. The smallest absolute Gasteiger partial charge is 0.0295 e. The van der Waals surface area contributed by atoms with Gasteiger partial charge in [-0.3, -0.25) is 0 Å². The maximum absolute atomic E-state index is 2.67. The Morgan fingerprint density at radius 3 is 1.51 bits per heavy atom. The molecule has 248 valence electrons. The first-order valence-corrected chi connectivity index (χ1v) is 19.0.